The van der Waals surface area contributed by atoms with E-state index in [-0.39, 0.29) is 0 Å². The molecule has 0 radical (unpaired) electrons. The number of nitrogens with zero attached hydrogens (tertiary/aromatic N) is 1. The third kappa shape index (κ3) is 2.21. The van der Waals surface area contributed by atoms with Crippen LogP contribution in [-0.4, -0.2) is 30.6 Å². The lowest BCUT2D eigenvalue weighted by Gasteiger charge is -2.38. The predicted octanol–water partition coefficient (Wildman–Crippen LogP) is 2.09. The van der Waals surface area contributed by atoms with E-state index >= 15 is 0 Å². The molecular formula is C13H26N2. The highest BCUT2D eigenvalue weighted by molar-refractivity contribution is 4.99. The summed E-state index contributed by atoms with van der Waals surface area (Å²) in [5.41, 5.74) is 6.36. The van der Waals surface area contributed by atoms with E-state index in [1.165, 1.54) is 32.2 Å². The van der Waals surface area contributed by atoms with E-state index in [0.29, 0.717) is 5.54 Å². The third-order valence-corrected chi connectivity index (χ3v) is 4.81. The van der Waals surface area contributed by atoms with Gasteiger partial charge < -0.3 is 5.73 Å². The molecule has 0 heterocycles. The predicted molar refractivity (Wildman–Crippen MR) is 64.7 cm³/mol. The lowest BCUT2D eigenvalue weighted by molar-refractivity contribution is 0.120. The number of likely N-dealkylation sites (N-methyl/N-ethyl adjacent to an activating group) is 1. The monoisotopic (exact) mass is 210 g/mol. The van der Waals surface area contributed by atoms with Crippen molar-refractivity contribution in [2.75, 3.05) is 20.1 Å². The lowest BCUT2D eigenvalue weighted by atomic mass is 9.94. The summed E-state index contributed by atoms with van der Waals surface area (Å²) in [4.78, 5) is 2.57. The first kappa shape index (κ1) is 11.4. The van der Waals surface area contributed by atoms with Gasteiger partial charge in [-0.1, -0.05) is 13.8 Å². The minimum Gasteiger partial charge on any atom is -0.329 e. The second-order valence-electron chi connectivity index (χ2n) is 6.13. The first-order valence-electron chi connectivity index (χ1n) is 6.49. The molecule has 0 aromatic rings. The minimum absolute atomic E-state index is 0.335. The van der Waals surface area contributed by atoms with Crippen molar-refractivity contribution in [3.63, 3.8) is 0 Å². The maximum Gasteiger partial charge on any atom is 0.0331 e. The Kier molecular flexibility index (Phi) is 3.09. The van der Waals surface area contributed by atoms with Gasteiger partial charge in [0.2, 0.25) is 0 Å². The lowest BCUT2D eigenvalue weighted by Crippen LogP contribution is -2.51. The second kappa shape index (κ2) is 4.06. The zero-order valence-corrected chi connectivity index (χ0v) is 10.5. The van der Waals surface area contributed by atoms with Crippen molar-refractivity contribution >= 4 is 0 Å². The molecule has 15 heavy (non-hydrogen) atoms. The van der Waals surface area contributed by atoms with Gasteiger partial charge in [0.25, 0.3) is 0 Å². The number of hydrogen-bond acceptors (Lipinski definition) is 2. The highest BCUT2D eigenvalue weighted by Crippen LogP contribution is 2.42. The number of nitrogens with two attached hydrogens (primary N) is 1. The highest BCUT2D eigenvalue weighted by Gasteiger charge is 2.42. The van der Waals surface area contributed by atoms with Crippen LogP contribution in [0.4, 0.5) is 0 Å². The van der Waals surface area contributed by atoms with Gasteiger partial charge in [0.15, 0.2) is 0 Å². The summed E-state index contributed by atoms with van der Waals surface area (Å²) in [6.45, 7) is 6.84. The van der Waals surface area contributed by atoms with Crippen molar-refractivity contribution in [1.82, 2.24) is 4.90 Å². The summed E-state index contributed by atoms with van der Waals surface area (Å²) in [6.07, 6.45) is 5.41. The average molecular weight is 210 g/mol. The Hall–Kier alpha value is -0.0800. The fourth-order valence-electron chi connectivity index (χ4n) is 3.25. The summed E-state index contributed by atoms with van der Waals surface area (Å²) in [5.74, 6) is 2.78. The van der Waals surface area contributed by atoms with Crippen LogP contribution in [0.3, 0.4) is 0 Å². The van der Waals surface area contributed by atoms with Gasteiger partial charge in [-0.2, -0.15) is 0 Å². The molecular weight excluding hydrogens is 184 g/mol. The van der Waals surface area contributed by atoms with Gasteiger partial charge in [0.1, 0.15) is 0 Å². The summed E-state index contributed by atoms with van der Waals surface area (Å²) in [5, 5.41) is 0. The van der Waals surface area contributed by atoms with Gasteiger partial charge in [-0.25, -0.2) is 0 Å². The Balaban J connectivity index is 1.93. The molecule has 2 saturated carbocycles. The SMILES string of the molecule is CC1CCC(CN)(N(C)CC2CC2C)C1. The van der Waals surface area contributed by atoms with E-state index < -0.39 is 0 Å². The molecule has 2 rings (SSSR count). The quantitative estimate of drug-likeness (QED) is 0.770. The standard InChI is InChI=1S/C13H26N2/c1-10-4-5-13(7-10,9-14)15(3)8-12-6-11(12)2/h10-12H,4-9,14H2,1-3H3. The van der Waals surface area contributed by atoms with Gasteiger partial charge in [-0.3, -0.25) is 4.90 Å². The molecule has 2 nitrogen and oxygen atoms in total. The molecule has 4 unspecified atom stereocenters. The molecule has 0 bridgehead atoms. The van der Waals surface area contributed by atoms with Gasteiger partial charge >= 0.3 is 0 Å². The van der Waals surface area contributed by atoms with Crippen molar-refractivity contribution in [2.45, 2.75) is 45.1 Å². The van der Waals surface area contributed by atoms with Crippen LogP contribution in [0.1, 0.15) is 39.5 Å². The molecule has 2 heteroatoms. The van der Waals surface area contributed by atoms with E-state index in [9.17, 15) is 0 Å². The molecule has 0 aromatic carbocycles. The van der Waals surface area contributed by atoms with E-state index in [0.717, 1.165) is 24.3 Å². The van der Waals surface area contributed by atoms with Crippen LogP contribution in [0, 0.1) is 17.8 Å². The van der Waals surface area contributed by atoms with Crippen LogP contribution >= 0.6 is 0 Å². The summed E-state index contributed by atoms with van der Waals surface area (Å²) < 4.78 is 0. The van der Waals surface area contributed by atoms with E-state index in [1.54, 1.807) is 0 Å². The van der Waals surface area contributed by atoms with E-state index in [2.05, 4.69) is 25.8 Å². The van der Waals surface area contributed by atoms with Crippen LogP contribution in [-0.2, 0) is 0 Å². The fraction of sp³-hybridized carbons (Fsp3) is 1.00. The van der Waals surface area contributed by atoms with Crippen LogP contribution < -0.4 is 5.73 Å². The van der Waals surface area contributed by atoms with Crippen LogP contribution in [0.2, 0.25) is 0 Å². The number of hydrogen-bond donors (Lipinski definition) is 1. The van der Waals surface area contributed by atoms with Crippen molar-refractivity contribution in [2.24, 2.45) is 23.5 Å². The normalized spacial score (nSPS) is 45.0. The molecule has 2 fully saturated rings. The fourth-order valence-corrected chi connectivity index (χ4v) is 3.25. The molecule has 4 atom stereocenters. The first-order valence-corrected chi connectivity index (χ1v) is 6.49. The maximum absolute atomic E-state index is 6.02. The van der Waals surface area contributed by atoms with Crippen LogP contribution in [0.15, 0.2) is 0 Å². The third-order valence-electron chi connectivity index (χ3n) is 4.81. The largest absolute Gasteiger partial charge is 0.329 e. The smallest absolute Gasteiger partial charge is 0.0331 e. The zero-order valence-electron chi connectivity index (χ0n) is 10.5. The molecule has 88 valence electrons. The molecule has 2 aliphatic rings. The zero-order chi connectivity index (χ0) is 11.1. The van der Waals surface area contributed by atoms with Gasteiger partial charge in [-0.05, 0) is 50.5 Å². The van der Waals surface area contributed by atoms with E-state index in [1.807, 2.05) is 0 Å². The van der Waals surface area contributed by atoms with Crippen molar-refractivity contribution in [1.29, 1.82) is 0 Å². The van der Waals surface area contributed by atoms with Gasteiger partial charge in [0.05, 0.1) is 0 Å². The first-order chi connectivity index (χ1) is 7.07. The summed E-state index contributed by atoms with van der Waals surface area (Å²) >= 11 is 0. The minimum atomic E-state index is 0.335. The van der Waals surface area contributed by atoms with Crippen molar-refractivity contribution in [3.8, 4) is 0 Å². The summed E-state index contributed by atoms with van der Waals surface area (Å²) in [6, 6.07) is 0. The second-order valence-corrected chi connectivity index (χ2v) is 6.13. The van der Waals surface area contributed by atoms with Gasteiger partial charge in [0, 0.05) is 18.6 Å². The summed E-state index contributed by atoms with van der Waals surface area (Å²) in [7, 11) is 2.29. The van der Waals surface area contributed by atoms with Crippen LogP contribution in [0.25, 0.3) is 0 Å². The Morgan fingerprint density at radius 1 is 1.40 bits per heavy atom. The molecule has 2 aliphatic carbocycles. The molecule has 0 aromatic heterocycles. The molecule has 0 aliphatic heterocycles. The van der Waals surface area contributed by atoms with Crippen LogP contribution in [0.5, 0.6) is 0 Å². The Labute approximate surface area is 94.2 Å². The topological polar surface area (TPSA) is 29.3 Å². The van der Waals surface area contributed by atoms with Gasteiger partial charge in [-0.15, -0.1) is 0 Å². The van der Waals surface area contributed by atoms with Crippen molar-refractivity contribution in [3.05, 3.63) is 0 Å². The Morgan fingerprint density at radius 3 is 2.47 bits per heavy atom. The molecule has 0 saturated heterocycles. The van der Waals surface area contributed by atoms with Crippen molar-refractivity contribution < 1.29 is 0 Å². The number of rotatable bonds is 4. The molecule has 0 amide bonds. The Bertz CT molecular complexity index is 229. The molecule has 2 N–H and O–H groups in total. The van der Waals surface area contributed by atoms with E-state index in [4.69, 9.17) is 5.73 Å². The molecule has 0 spiro atoms. The highest BCUT2D eigenvalue weighted by atomic mass is 15.2. The average Bonchev–Trinajstić information content (AvgIpc) is 2.76. The maximum atomic E-state index is 6.02. The Morgan fingerprint density at radius 2 is 2.07 bits per heavy atom.